The van der Waals surface area contributed by atoms with E-state index in [1.165, 1.54) is 18.3 Å². The van der Waals surface area contributed by atoms with Crippen LogP contribution in [0, 0.1) is 18.2 Å². The zero-order chi connectivity index (χ0) is 15.4. The van der Waals surface area contributed by atoms with E-state index in [0.717, 1.165) is 5.69 Å². The zero-order valence-electron chi connectivity index (χ0n) is 11.8. The molecule has 0 saturated heterocycles. The summed E-state index contributed by atoms with van der Waals surface area (Å²) in [6.45, 7) is 1.64. The van der Waals surface area contributed by atoms with Crippen LogP contribution in [0.4, 0.5) is 15.8 Å². The first-order chi connectivity index (χ1) is 10.0. The summed E-state index contributed by atoms with van der Waals surface area (Å²) in [5, 5.41) is 13.0. The smallest absolute Gasteiger partial charge is 0.255 e. The van der Waals surface area contributed by atoms with Crippen molar-refractivity contribution in [1.82, 2.24) is 0 Å². The molecule has 2 aromatic rings. The largest absolute Gasteiger partial charge is 0.388 e. The Morgan fingerprint density at radius 3 is 2.62 bits per heavy atom. The Morgan fingerprint density at radius 1 is 1.24 bits per heavy atom. The van der Waals surface area contributed by atoms with Crippen LogP contribution in [0.1, 0.15) is 21.5 Å². The minimum atomic E-state index is -0.308. The van der Waals surface area contributed by atoms with Crippen LogP contribution in [-0.2, 0) is 0 Å². The van der Waals surface area contributed by atoms with Crippen molar-refractivity contribution in [1.29, 1.82) is 5.41 Å². The van der Waals surface area contributed by atoms with Gasteiger partial charge in [0.25, 0.3) is 5.91 Å². The second-order valence-electron chi connectivity index (χ2n) is 4.61. The van der Waals surface area contributed by atoms with E-state index in [4.69, 9.17) is 5.41 Å². The van der Waals surface area contributed by atoms with E-state index >= 15 is 0 Å². The molecule has 0 aliphatic heterocycles. The average molecular weight is 285 g/mol. The van der Waals surface area contributed by atoms with Crippen LogP contribution in [0.2, 0.25) is 0 Å². The normalized spacial score (nSPS) is 10.0. The van der Waals surface area contributed by atoms with Crippen molar-refractivity contribution in [3.05, 3.63) is 58.9 Å². The van der Waals surface area contributed by atoms with Crippen molar-refractivity contribution in [3.8, 4) is 0 Å². The number of amides is 1. The molecule has 4 nitrogen and oxygen atoms in total. The molecule has 0 heterocycles. The van der Waals surface area contributed by atoms with Gasteiger partial charge in [-0.2, -0.15) is 0 Å². The summed E-state index contributed by atoms with van der Waals surface area (Å²) >= 11 is 0. The van der Waals surface area contributed by atoms with Gasteiger partial charge in [-0.15, -0.1) is 0 Å². The van der Waals surface area contributed by atoms with Gasteiger partial charge in [0.15, 0.2) is 0 Å². The molecule has 0 atom stereocenters. The van der Waals surface area contributed by atoms with Crippen molar-refractivity contribution in [2.24, 2.45) is 0 Å². The summed E-state index contributed by atoms with van der Waals surface area (Å²) in [6, 6.07) is 9.45. The van der Waals surface area contributed by atoms with Crippen molar-refractivity contribution < 1.29 is 9.18 Å². The van der Waals surface area contributed by atoms with E-state index in [2.05, 4.69) is 10.6 Å². The monoisotopic (exact) mass is 285 g/mol. The van der Waals surface area contributed by atoms with Crippen LogP contribution in [0.3, 0.4) is 0 Å². The molecule has 3 N–H and O–H groups in total. The number of halogens is 1. The molecule has 0 spiro atoms. The van der Waals surface area contributed by atoms with Gasteiger partial charge >= 0.3 is 0 Å². The number of benzene rings is 2. The Kier molecular flexibility index (Phi) is 4.33. The van der Waals surface area contributed by atoms with Gasteiger partial charge in [-0.3, -0.25) is 4.79 Å². The van der Waals surface area contributed by atoms with E-state index in [-0.39, 0.29) is 11.7 Å². The second-order valence-corrected chi connectivity index (χ2v) is 4.61. The molecule has 0 bridgehead atoms. The first-order valence-corrected chi connectivity index (χ1v) is 6.45. The van der Waals surface area contributed by atoms with E-state index in [0.29, 0.717) is 22.4 Å². The lowest BCUT2D eigenvalue weighted by Gasteiger charge is -2.09. The van der Waals surface area contributed by atoms with Gasteiger partial charge in [0.05, 0.1) is 0 Å². The lowest BCUT2D eigenvalue weighted by atomic mass is 10.1. The molecule has 0 aromatic heterocycles. The summed E-state index contributed by atoms with van der Waals surface area (Å²) in [7, 11) is 1.75. The molecule has 0 aliphatic carbocycles. The quantitative estimate of drug-likeness (QED) is 0.753. The summed E-state index contributed by atoms with van der Waals surface area (Å²) < 4.78 is 13.2. The molecular formula is C16H16FN3O. The van der Waals surface area contributed by atoms with Crippen molar-refractivity contribution in [2.45, 2.75) is 6.92 Å². The molecular weight excluding hydrogens is 269 g/mol. The Balaban J connectivity index is 2.23. The van der Waals surface area contributed by atoms with Gasteiger partial charge < -0.3 is 16.0 Å². The van der Waals surface area contributed by atoms with Crippen molar-refractivity contribution >= 4 is 23.5 Å². The van der Waals surface area contributed by atoms with E-state index in [9.17, 15) is 9.18 Å². The Morgan fingerprint density at radius 2 is 2.00 bits per heavy atom. The molecule has 0 unspecified atom stereocenters. The van der Waals surface area contributed by atoms with Gasteiger partial charge in [-0.05, 0) is 48.9 Å². The summed E-state index contributed by atoms with van der Waals surface area (Å²) in [4.78, 5) is 12.2. The Hall–Kier alpha value is -2.69. The Bertz CT molecular complexity index is 698. The first kappa shape index (κ1) is 14.7. The number of hydrogen-bond acceptors (Lipinski definition) is 3. The summed E-state index contributed by atoms with van der Waals surface area (Å²) in [5.74, 6) is -0.607. The third-order valence-corrected chi connectivity index (χ3v) is 3.15. The van der Waals surface area contributed by atoms with Crippen LogP contribution >= 0.6 is 0 Å². The lowest BCUT2D eigenvalue weighted by molar-refractivity contribution is 0.102. The van der Waals surface area contributed by atoms with Crippen LogP contribution < -0.4 is 10.6 Å². The molecule has 21 heavy (non-hydrogen) atoms. The highest BCUT2D eigenvalue weighted by Crippen LogP contribution is 2.18. The first-order valence-electron chi connectivity index (χ1n) is 6.45. The lowest BCUT2D eigenvalue weighted by Crippen LogP contribution is -2.12. The number of aryl methyl sites for hydroxylation is 1. The highest BCUT2D eigenvalue weighted by Gasteiger charge is 2.09. The number of nitrogens with one attached hydrogen (secondary N) is 3. The minimum Gasteiger partial charge on any atom is -0.388 e. The number of anilines is 2. The molecule has 1 amide bonds. The van der Waals surface area contributed by atoms with Crippen molar-refractivity contribution in [2.75, 3.05) is 17.7 Å². The fraction of sp³-hybridized carbons (Fsp3) is 0.125. The fourth-order valence-electron chi connectivity index (χ4n) is 1.98. The fourth-order valence-corrected chi connectivity index (χ4v) is 1.98. The summed E-state index contributed by atoms with van der Waals surface area (Å²) in [6.07, 6.45) is 1.19. The number of rotatable bonds is 4. The second kappa shape index (κ2) is 6.17. The predicted molar refractivity (Wildman–Crippen MR) is 83.0 cm³/mol. The maximum atomic E-state index is 13.2. The van der Waals surface area contributed by atoms with E-state index < -0.39 is 0 Å². The van der Waals surface area contributed by atoms with Gasteiger partial charge in [0.2, 0.25) is 0 Å². The predicted octanol–water partition coefficient (Wildman–Crippen LogP) is 3.43. The van der Waals surface area contributed by atoms with Gasteiger partial charge in [0.1, 0.15) is 5.82 Å². The van der Waals surface area contributed by atoms with Gasteiger partial charge in [-0.25, -0.2) is 4.39 Å². The Labute approximate surface area is 122 Å². The molecule has 0 fully saturated rings. The highest BCUT2D eigenvalue weighted by atomic mass is 19.1. The number of carbonyl (C=O) groups is 1. The number of hydrogen-bond donors (Lipinski definition) is 3. The molecule has 5 heteroatoms. The molecule has 2 rings (SSSR count). The third-order valence-electron chi connectivity index (χ3n) is 3.15. The minimum absolute atomic E-state index is 0.299. The molecule has 0 saturated carbocycles. The van der Waals surface area contributed by atoms with Crippen molar-refractivity contribution in [3.63, 3.8) is 0 Å². The molecule has 0 radical (unpaired) electrons. The average Bonchev–Trinajstić information content (AvgIpc) is 2.50. The van der Waals surface area contributed by atoms with E-state index in [1.807, 2.05) is 0 Å². The van der Waals surface area contributed by atoms with Crippen LogP contribution in [-0.4, -0.2) is 19.2 Å². The molecule has 2 aromatic carbocycles. The zero-order valence-corrected chi connectivity index (χ0v) is 11.8. The third kappa shape index (κ3) is 3.25. The van der Waals surface area contributed by atoms with E-state index in [1.54, 1.807) is 38.2 Å². The maximum Gasteiger partial charge on any atom is 0.255 e. The standard InChI is InChI=1S/C16H16FN3O/c1-10-7-13(4-5-14(10)17)20-16(21)11-3-6-15(19-2)12(8-11)9-18/h3-9,18-19H,1-2H3,(H,20,21). The maximum absolute atomic E-state index is 13.2. The molecule has 108 valence electrons. The van der Waals surface area contributed by atoms with Gasteiger partial charge in [0, 0.05) is 35.8 Å². The van der Waals surface area contributed by atoms with Gasteiger partial charge in [-0.1, -0.05) is 0 Å². The highest BCUT2D eigenvalue weighted by molar-refractivity contribution is 6.05. The summed E-state index contributed by atoms with van der Waals surface area (Å²) in [5.41, 5.74) is 2.85. The van der Waals surface area contributed by atoms with Crippen LogP contribution in [0.5, 0.6) is 0 Å². The number of carbonyl (C=O) groups excluding carboxylic acids is 1. The van der Waals surface area contributed by atoms with Crippen LogP contribution in [0.15, 0.2) is 36.4 Å². The van der Waals surface area contributed by atoms with Crippen LogP contribution in [0.25, 0.3) is 0 Å². The topological polar surface area (TPSA) is 65.0 Å². The SMILES string of the molecule is CNc1ccc(C(=O)Nc2ccc(F)c(C)c2)cc1C=N. The molecule has 0 aliphatic rings.